The molecule has 48 heavy (non-hydrogen) atoms. The van der Waals surface area contributed by atoms with Gasteiger partial charge in [0, 0.05) is 55.5 Å². The Hall–Kier alpha value is -3.49. The van der Waals surface area contributed by atoms with Gasteiger partial charge in [-0.05, 0) is 112 Å². The van der Waals surface area contributed by atoms with Crippen LogP contribution in [0.3, 0.4) is 0 Å². The minimum Gasteiger partial charge on any atom is -0.509 e. The molecule has 2 aliphatic carbocycles. The van der Waals surface area contributed by atoms with E-state index in [0.29, 0.717) is 59.5 Å². The van der Waals surface area contributed by atoms with E-state index in [4.69, 9.17) is 21.1 Å². The van der Waals surface area contributed by atoms with Crippen LogP contribution in [0, 0.1) is 18.3 Å². The fraction of sp³-hybridized carbons (Fsp3) is 0.513. The van der Waals surface area contributed by atoms with Crippen molar-refractivity contribution < 1.29 is 19.0 Å². The van der Waals surface area contributed by atoms with E-state index in [-0.39, 0.29) is 23.6 Å². The summed E-state index contributed by atoms with van der Waals surface area (Å²) >= 11 is 6.77. The summed E-state index contributed by atoms with van der Waals surface area (Å²) in [7, 11) is 0. The van der Waals surface area contributed by atoms with Gasteiger partial charge in [0.2, 0.25) is 0 Å². The molecule has 3 aliphatic heterocycles. The minimum atomic E-state index is -0.796. The predicted octanol–water partition coefficient (Wildman–Crippen LogP) is 9.41. The smallest absolute Gasteiger partial charge is 0.161 e. The SMILES string of the molecule is Cc1cc(N2CCC(C)CC(=C(O)C3(C)Cc4cc(OC5CCN(C6CCC6)CC5)c(Cl)cc4N3)C2=N)ccc1OC1=C(F)C=CCC1. The van der Waals surface area contributed by atoms with Gasteiger partial charge in [0.05, 0.1) is 10.6 Å². The fourth-order valence-electron chi connectivity index (χ4n) is 7.84. The molecule has 256 valence electrons. The van der Waals surface area contributed by atoms with Gasteiger partial charge in [0.1, 0.15) is 35.0 Å². The summed E-state index contributed by atoms with van der Waals surface area (Å²) < 4.78 is 26.7. The van der Waals surface area contributed by atoms with Crippen LogP contribution in [0.15, 0.2) is 65.4 Å². The molecule has 7 nitrogen and oxygen atoms in total. The fourth-order valence-corrected chi connectivity index (χ4v) is 8.05. The summed E-state index contributed by atoms with van der Waals surface area (Å²) in [6, 6.07) is 10.5. The third-order valence-corrected chi connectivity index (χ3v) is 11.3. The average Bonchev–Trinajstić information content (AvgIpc) is 3.29. The van der Waals surface area contributed by atoms with Crippen molar-refractivity contribution in [3.05, 3.63) is 81.6 Å². The van der Waals surface area contributed by atoms with Gasteiger partial charge < -0.3 is 29.7 Å². The molecule has 0 bridgehead atoms. The number of benzene rings is 2. The molecule has 3 heterocycles. The van der Waals surface area contributed by atoms with E-state index in [1.165, 1.54) is 25.3 Å². The lowest BCUT2D eigenvalue weighted by Gasteiger charge is -2.41. The topological polar surface area (TPSA) is 81.1 Å². The summed E-state index contributed by atoms with van der Waals surface area (Å²) in [4.78, 5) is 4.59. The number of anilines is 2. The molecule has 0 spiro atoms. The van der Waals surface area contributed by atoms with Crippen molar-refractivity contribution in [2.24, 2.45) is 5.92 Å². The van der Waals surface area contributed by atoms with Crippen LogP contribution in [-0.2, 0) is 6.42 Å². The molecule has 2 saturated heterocycles. The van der Waals surface area contributed by atoms with Crippen molar-refractivity contribution in [1.82, 2.24) is 4.90 Å². The standard InChI is InChI=1S/C39H48ClFN4O3/c1-24-13-18-45(28-11-12-34(25(2)20-28)48-35-10-5-4-9-32(35)41)38(42)30(19-24)37(46)39(3)23-26-21-36(31(40)22-33(26)43-39)47-29-14-16-44(17-15-29)27-7-6-8-27/h4,9,11-12,20-22,24,27,29,42-43,46H,5-8,10,13-19,23H2,1-3H3. The van der Waals surface area contributed by atoms with E-state index in [1.54, 1.807) is 0 Å². The van der Waals surface area contributed by atoms with Crippen LogP contribution < -0.4 is 19.7 Å². The largest absolute Gasteiger partial charge is 0.509 e. The van der Waals surface area contributed by atoms with Gasteiger partial charge in [-0.2, -0.15) is 0 Å². The molecule has 7 rings (SSSR count). The number of likely N-dealkylation sites (tertiary alicyclic amines) is 1. The van der Waals surface area contributed by atoms with Crippen molar-refractivity contribution in [3.63, 3.8) is 0 Å². The van der Waals surface area contributed by atoms with Crippen molar-refractivity contribution in [3.8, 4) is 11.5 Å². The number of aliphatic hydroxyl groups excluding tert-OH is 1. The molecule has 1 saturated carbocycles. The number of aryl methyl sites for hydroxylation is 1. The van der Waals surface area contributed by atoms with Gasteiger partial charge in [-0.3, -0.25) is 5.41 Å². The van der Waals surface area contributed by atoms with Gasteiger partial charge in [0.15, 0.2) is 5.83 Å². The molecule has 0 amide bonds. The van der Waals surface area contributed by atoms with Crippen LogP contribution in [-0.4, -0.2) is 53.2 Å². The zero-order valence-corrected chi connectivity index (χ0v) is 29.1. The van der Waals surface area contributed by atoms with E-state index in [9.17, 15) is 14.9 Å². The first-order valence-corrected chi connectivity index (χ1v) is 18.1. The maximum Gasteiger partial charge on any atom is 0.161 e. The number of aliphatic hydroxyl groups is 1. The molecule has 2 aromatic carbocycles. The first-order chi connectivity index (χ1) is 23.1. The summed E-state index contributed by atoms with van der Waals surface area (Å²) in [5, 5.41) is 25.5. The first-order valence-electron chi connectivity index (χ1n) is 17.7. The third-order valence-electron chi connectivity index (χ3n) is 11.0. The van der Waals surface area contributed by atoms with Gasteiger partial charge in [-0.25, -0.2) is 4.39 Å². The van der Waals surface area contributed by atoms with Crippen LogP contribution in [0.25, 0.3) is 0 Å². The Morgan fingerprint density at radius 2 is 1.88 bits per heavy atom. The second kappa shape index (κ2) is 13.4. The minimum absolute atomic E-state index is 0.152. The number of nitrogens with zero attached hydrogens (tertiary/aromatic N) is 2. The highest BCUT2D eigenvalue weighted by molar-refractivity contribution is 6.32. The van der Waals surface area contributed by atoms with Gasteiger partial charge in [0.25, 0.3) is 0 Å². The number of halogens is 2. The lowest BCUT2D eigenvalue weighted by molar-refractivity contribution is 0.0493. The van der Waals surface area contributed by atoms with Crippen LogP contribution in [0.4, 0.5) is 15.8 Å². The molecule has 0 radical (unpaired) electrons. The number of rotatable bonds is 7. The second-order valence-corrected chi connectivity index (χ2v) is 15.1. The number of hydrogen-bond donors (Lipinski definition) is 3. The zero-order chi connectivity index (χ0) is 33.6. The highest BCUT2D eigenvalue weighted by Gasteiger charge is 2.41. The summed E-state index contributed by atoms with van der Waals surface area (Å²) in [6.45, 7) is 8.92. The molecule has 0 aromatic heterocycles. The number of hydrogen-bond acceptors (Lipinski definition) is 6. The Bertz CT molecular complexity index is 1680. The van der Waals surface area contributed by atoms with Gasteiger partial charge in [-0.15, -0.1) is 0 Å². The maximum atomic E-state index is 14.3. The molecule has 3 N–H and O–H groups in total. The Kier molecular flexibility index (Phi) is 9.24. The quantitative estimate of drug-likeness (QED) is 0.254. The number of fused-ring (bicyclic) bond motifs is 1. The van der Waals surface area contributed by atoms with E-state index in [1.807, 2.05) is 55.2 Å². The molecule has 2 aromatic rings. The second-order valence-electron chi connectivity index (χ2n) is 14.7. The van der Waals surface area contributed by atoms with Crippen molar-refractivity contribution in [1.29, 1.82) is 5.41 Å². The average molecular weight is 675 g/mol. The lowest BCUT2D eigenvalue weighted by Crippen LogP contribution is -2.46. The molecule has 5 aliphatic rings. The molecular weight excluding hydrogens is 627 g/mol. The van der Waals surface area contributed by atoms with E-state index in [0.717, 1.165) is 67.3 Å². The van der Waals surface area contributed by atoms with E-state index >= 15 is 0 Å². The highest BCUT2D eigenvalue weighted by Crippen LogP contribution is 2.44. The van der Waals surface area contributed by atoms with Gasteiger partial charge in [-0.1, -0.05) is 31.0 Å². The monoisotopic (exact) mass is 674 g/mol. The molecule has 2 unspecified atom stereocenters. The number of piperidine rings is 1. The number of nitrogens with one attached hydrogen (secondary N) is 2. The van der Waals surface area contributed by atoms with Crippen molar-refractivity contribution in [2.75, 3.05) is 29.9 Å². The normalized spacial score (nSPS) is 26.6. The van der Waals surface area contributed by atoms with Crippen LogP contribution in [0.2, 0.25) is 5.02 Å². The summed E-state index contributed by atoms with van der Waals surface area (Å²) in [5.74, 6) is 2.10. The number of allylic oxidation sites excluding steroid dienone is 4. The Morgan fingerprint density at radius 3 is 2.58 bits per heavy atom. The van der Waals surface area contributed by atoms with Crippen LogP contribution in [0.5, 0.6) is 11.5 Å². The Balaban J connectivity index is 1.08. The van der Waals surface area contributed by atoms with E-state index < -0.39 is 5.54 Å². The zero-order valence-electron chi connectivity index (χ0n) is 28.4. The van der Waals surface area contributed by atoms with E-state index in [2.05, 4.69) is 17.1 Å². The summed E-state index contributed by atoms with van der Waals surface area (Å²) in [6.07, 6.45) is 12.8. The number of amidine groups is 1. The van der Waals surface area contributed by atoms with Crippen LogP contribution >= 0.6 is 11.6 Å². The van der Waals surface area contributed by atoms with Gasteiger partial charge >= 0.3 is 0 Å². The maximum absolute atomic E-state index is 14.3. The predicted molar refractivity (Wildman–Crippen MR) is 191 cm³/mol. The summed E-state index contributed by atoms with van der Waals surface area (Å²) in [5.41, 5.74) is 3.49. The third kappa shape index (κ3) is 6.58. The molecule has 2 atom stereocenters. The first kappa shape index (κ1) is 33.0. The van der Waals surface area contributed by atoms with Crippen molar-refractivity contribution >= 4 is 28.8 Å². The molecular formula is C39H48ClFN4O3. The lowest BCUT2D eigenvalue weighted by atomic mass is 9.88. The Morgan fingerprint density at radius 1 is 1.08 bits per heavy atom. The number of ether oxygens (including phenoxy) is 2. The van der Waals surface area contributed by atoms with Crippen LogP contribution in [0.1, 0.15) is 82.8 Å². The highest BCUT2D eigenvalue weighted by atomic mass is 35.5. The molecule has 3 fully saturated rings. The molecule has 9 heteroatoms. The van der Waals surface area contributed by atoms with Crippen molar-refractivity contribution in [2.45, 2.75) is 103 Å². The Labute approximate surface area is 288 Å².